The smallest absolute Gasteiger partial charge is 0.475 e. The molecule has 1 aliphatic rings. The molecule has 0 bridgehead atoms. The second kappa shape index (κ2) is 8.42. The summed E-state index contributed by atoms with van der Waals surface area (Å²) in [6.07, 6.45) is -5.08. The van der Waals surface area contributed by atoms with Gasteiger partial charge in [0.25, 0.3) is 0 Å². The fourth-order valence-corrected chi connectivity index (χ4v) is 2.65. The van der Waals surface area contributed by atoms with Crippen LogP contribution in [0.15, 0.2) is 30.3 Å². The first kappa shape index (κ1) is 19.6. The highest BCUT2D eigenvalue weighted by Gasteiger charge is 2.38. The number of nitrogens with zero attached hydrogens (tertiary/aromatic N) is 3. The SMILES string of the molecule is N#CC1CSCN1C(=O)N(N)c1ccccc1.O=C(O)C(F)(F)F. The molecule has 0 aromatic heterocycles. The number of urea groups is 1. The molecule has 1 heterocycles. The second-order valence-electron chi connectivity index (χ2n) is 4.41. The number of carbonyl (C=O) groups is 2. The lowest BCUT2D eigenvalue weighted by Crippen LogP contribution is -2.49. The van der Waals surface area contributed by atoms with E-state index in [0.29, 0.717) is 17.3 Å². The van der Waals surface area contributed by atoms with Gasteiger partial charge in [0, 0.05) is 5.75 Å². The average Bonchev–Trinajstić information content (AvgIpc) is 3.02. The Hall–Kier alpha value is -2.45. The summed E-state index contributed by atoms with van der Waals surface area (Å²) in [6.45, 7) is 0. The first-order valence-corrected chi connectivity index (χ1v) is 7.52. The van der Waals surface area contributed by atoms with Gasteiger partial charge >= 0.3 is 18.2 Å². The lowest BCUT2D eigenvalue weighted by Gasteiger charge is -2.25. The molecule has 1 aliphatic heterocycles. The number of benzene rings is 1. The lowest BCUT2D eigenvalue weighted by atomic mass is 10.3. The Kier molecular flexibility index (Phi) is 6.87. The number of aliphatic carboxylic acids is 1. The largest absolute Gasteiger partial charge is 0.490 e. The van der Waals surface area contributed by atoms with Gasteiger partial charge in [0.2, 0.25) is 0 Å². The molecule has 0 radical (unpaired) electrons. The van der Waals surface area contributed by atoms with Crippen molar-refractivity contribution in [2.45, 2.75) is 12.2 Å². The Balaban J connectivity index is 0.000000351. The van der Waals surface area contributed by atoms with Crippen LogP contribution in [0.5, 0.6) is 0 Å². The number of hydrazine groups is 1. The number of amides is 2. The maximum Gasteiger partial charge on any atom is 0.490 e. The van der Waals surface area contributed by atoms with Crippen LogP contribution in [0.2, 0.25) is 0 Å². The standard InChI is InChI=1S/C11H12N4OS.C2HF3O2/c12-6-10-7-17-8-14(10)11(16)15(13)9-4-2-1-3-5-9;3-2(4,5)1(6)7/h1-5,10H,7-8,13H2;(H,6,7). The summed E-state index contributed by atoms with van der Waals surface area (Å²) in [5.74, 6) is 4.16. The summed E-state index contributed by atoms with van der Waals surface area (Å²) in [7, 11) is 0. The van der Waals surface area contributed by atoms with E-state index >= 15 is 0 Å². The van der Waals surface area contributed by atoms with Crippen molar-refractivity contribution in [3.8, 4) is 6.07 Å². The summed E-state index contributed by atoms with van der Waals surface area (Å²) in [6, 6.07) is 10.4. The van der Waals surface area contributed by atoms with Gasteiger partial charge in [-0.2, -0.15) is 18.4 Å². The van der Waals surface area contributed by atoms with E-state index in [-0.39, 0.29) is 12.1 Å². The number of para-hydroxylation sites is 1. The molecular formula is C13H13F3N4O3S. The number of hydrogen-bond donors (Lipinski definition) is 2. The van der Waals surface area contributed by atoms with Crippen LogP contribution in [0.3, 0.4) is 0 Å². The molecule has 130 valence electrons. The minimum Gasteiger partial charge on any atom is -0.475 e. The Morgan fingerprint density at radius 3 is 2.38 bits per heavy atom. The third-order valence-electron chi connectivity index (χ3n) is 2.76. The van der Waals surface area contributed by atoms with Crippen molar-refractivity contribution in [1.82, 2.24) is 4.90 Å². The van der Waals surface area contributed by atoms with Gasteiger partial charge in [-0.3, -0.25) is 4.90 Å². The van der Waals surface area contributed by atoms with Crippen molar-refractivity contribution >= 4 is 29.4 Å². The number of alkyl halides is 3. The number of nitrogens with two attached hydrogens (primary N) is 1. The predicted octanol–water partition coefficient (Wildman–Crippen LogP) is 2.02. The van der Waals surface area contributed by atoms with E-state index in [4.69, 9.17) is 21.0 Å². The number of carboxylic acids is 1. The van der Waals surface area contributed by atoms with Gasteiger partial charge < -0.3 is 5.11 Å². The van der Waals surface area contributed by atoms with Gasteiger partial charge in [-0.25, -0.2) is 20.4 Å². The third-order valence-corrected chi connectivity index (χ3v) is 3.77. The number of rotatable bonds is 1. The molecule has 1 aromatic rings. The van der Waals surface area contributed by atoms with Gasteiger partial charge in [0.05, 0.1) is 17.6 Å². The predicted molar refractivity (Wildman–Crippen MR) is 80.8 cm³/mol. The van der Waals surface area contributed by atoms with Gasteiger partial charge in [0.1, 0.15) is 6.04 Å². The molecule has 1 unspecified atom stereocenters. The van der Waals surface area contributed by atoms with Crippen LogP contribution < -0.4 is 10.9 Å². The Labute approximate surface area is 139 Å². The summed E-state index contributed by atoms with van der Waals surface area (Å²) < 4.78 is 31.7. The quantitative estimate of drug-likeness (QED) is 0.449. The highest BCUT2D eigenvalue weighted by Crippen LogP contribution is 2.22. The normalized spacial score (nSPS) is 16.6. The van der Waals surface area contributed by atoms with Gasteiger partial charge in [-0.05, 0) is 12.1 Å². The first-order chi connectivity index (χ1) is 11.2. The number of nitriles is 1. The highest BCUT2D eigenvalue weighted by atomic mass is 32.2. The molecule has 1 atom stereocenters. The minimum absolute atomic E-state index is 0.340. The third kappa shape index (κ3) is 5.32. The first-order valence-electron chi connectivity index (χ1n) is 6.36. The second-order valence-corrected chi connectivity index (χ2v) is 5.41. The van der Waals surface area contributed by atoms with E-state index in [1.807, 2.05) is 18.2 Å². The number of carbonyl (C=O) groups excluding carboxylic acids is 1. The number of thioether (sulfide) groups is 1. The lowest BCUT2D eigenvalue weighted by molar-refractivity contribution is -0.192. The van der Waals surface area contributed by atoms with Crippen molar-refractivity contribution in [1.29, 1.82) is 5.26 Å². The number of halogens is 3. The van der Waals surface area contributed by atoms with Crippen molar-refractivity contribution < 1.29 is 27.9 Å². The van der Waals surface area contributed by atoms with Crippen molar-refractivity contribution in [3.63, 3.8) is 0 Å². The topological polar surface area (TPSA) is 111 Å². The van der Waals surface area contributed by atoms with Crippen LogP contribution in [-0.4, -0.2) is 45.9 Å². The fraction of sp³-hybridized carbons (Fsp3) is 0.308. The number of anilines is 1. The van der Waals surface area contributed by atoms with Crippen LogP contribution in [0.25, 0.3) is 0 Å². The monoisotopic (exact) mass is 362 g/mol. The molecule has 0 aliphatic carbocycles. The van der Waals surface area contributed by atoms with Crippen molar-refractivity contribution in [2.75, 3.05) is 16.6 Å². The number of carboxylic acid groups (broad SMARTS) is 1. The Morgan fingerprint density at radius 1 is 1.38 bits per heavy atom. The zero-order valence-electron chi connectivity index (χ0n) is 12.1. The van der Waals surface area contributed by atoms with E-state index in [9.17, 15) is 18.0 Å². The van der Waals surface area contributed by atoms with Crippen LogP contribution in [-0.2, 0) is 4.79 Å². The van der Waals surface area contributed by atoms with Crippen molar-refractivity contribution in [2.24, 2.45) is 5.84 Å². The fourth-order valence-electron chi connectivity index (χ4n) is 1.58. The summed E-state index contributed by atoms with van der Waals surface area (Å²) >= 11 is 1.56. The molecule has 0 saturated carbocycles. The van der Waals surface area contributed by atoms with Crippen LogP contribution in [0, 0.1) is 11.3 Å². The van der Waals surface area contributed by atoms with Gasteiger partial charge in [-0.1, -0.05) is 18.2 Å². The molecule has 1 saturated heterocycles. The zero-order valence-corrected chi connectivity index (χ0v) is 12.9. The minimum atomic E-state index is -5.08. The van der Waals surface area contributed by atoms with E-state index < -0.39 is 12.1 Å². The summed E-state index contributed by atoms with van der Waals surface area (Å²) in [5, 5.41) is 17.1. The molecule has 3 N–H and O–H groups in total. The molecule has 24 heavy (non-hydrogen) atoms. The Morgan fingerprint density at radius 2 is 1.92 bits per heavy atom. The van der Waals surface area contributed by atoms with Crippen LogP contribution in [0.1, 0.15) is 0 Å². The average molecular weight is 362 g/mol. The molecule has 2 rings (SSSR count). The van der Waals surface area contributed by atoms with Gasteiger partial charge in [0.15, 0.2) is 0 Å². The molecule has 0 spiro atoms. The summed E-state index contributed by atoms with van der Waals surface area (Å²) in [5.41, 5.74) is 0.617. The van der Waals surface area contributed by atoms with E-state index in [0.717, 1.165) is 5.01 Å². The summed E-state index contributed by atoms with van der Waals surface area (Å²) in [4.78, 5) is 22.5. The maximum absolute atomic E-state index is 12.1. The number of hydrogen-bond acceptors (Lipinski definition) is 5. The van der Waals surface area contributed by atoms with Crippen LogP contribution in [0.4, 0.5) is 23.7 Å². The molecule has 11 heteroatoms. The van der Waals surface area contributed by atoms with E-state index in [1.54, 1.807) is 23.9 Å². The zero-order chi connectivity index (χ0) is 18.3. The van der Waals surface area contributed by atoms with Crippen LogP contribution >= 0.6 is 11.8 Å². The van der Waals surface area contributed by atoms with E-state index in [1.165, 1.54) is 4.90 Å². The molecule has 1 fully saturated rings. The molecule has 2 amide bonds. The maximum atomic E-state index is 12.1. The highest BCUT2D eigenvalue weighted by molar-refractivity contribution is 7.99. The van der Waals surface area contributed by atoms with Crippen molar-refractivity contribution in [3.05, 3.63) is 30.3 Å². The van der Waals surface area contributed by atoms with Gasteiger partial charge in [-0.15, -0.1) is 11.8 Å². The van der Waals surface area contributed by atoms with E-state index in [2.05, 4.69) is 6.07 Å². The molecule has 1 aromatic carbocycles. The Bertz CT molecular complexity index is 621. The molecule has 7 nitrogen and oxygen atoms in total. The molecular weight excluding hydrogens is 349 g/mol.